The van der Waals surface area contributed by atoms with E-state index in [1.807, 2.05) is 0 Å². The van der Waals surface area contributed by atoms with Gasteiger partial charge in [0, 0.05) is 12.6 Å². The second-order valence-electron chi connectivity index (χ2n) is 3.21. The summed E-state index contributed by atoms with van der Waals surface area (Å²) in [6.45, 7) is 5.26. The Hall–Kier alpha value is -1.57. The monoisotopic (exact) mass is 254 g/mol. The first-order chi connectivity index (χ1) is 7.77. The number of aliphatic carboxylic acids is 1. The van der Waals surface area contributed by atoms with Gasteiger partial charge in [-0.3, -0.25) is 4.79 Å². The van der Waals surface area contributed by atoms with Crippen LogP contribution in [-0.4, -0.2) is 42.3 Å². The average molecular weight is 254 g/mol. The lowest BCUT2D eigenvalue weighted by atomic mass is 10.2. The van der Waals surface area contributed by atoms with Crippen molar-refractivity contribution in [2.45, 2.75) is 18.6 Å². The molecule has 1 aliphatic rings. The molecule has 1 aliphatic heterocycles. The van der Waals surface area contributed by atoms with Crippen LogP contribution < -0.4 is 10.6 Å². The number of alkyl halides is 3. The zero-order chi connectivity index (χ0) is 13.5. The number of amides is 1. The standard InChI is InChI=1S/C7H12N2O.C2HF3O2/c1-2-7(10)9-6-3-4-8-5-6;3-2(4,5)1(6)7/h2,6,8H,1,3-5H2,(H,9,10);(H,6,7). The van der Waals surface area contributed by atoms with Crippen LogP contribution >= 0.6 is 0 Å². The van der Waals surface area contributed by atoms with Gasteiger partial charge in [-0.2, -0.15) is 13.2 Å². The van der Waals surface area contributed by atoms with E-state index in [0.717, 1.165) is 19.5 Å². The number of halogens is 3. The molecule has 0 spiro atoms. The maximum absolute atomic E-state index is 10.7. The summed E-state index contributed by atoms with van der Waals surface area (Å²) in [7, 11) is 0. The Kier molecular flexibility index (Phi) is 6.26. The number of carbonyl (C=O) groups is 2. The van der Waals surface area contributed by atoms with E-state index < -0.39 is 12.1 Å². The van der Waals surface area contributed by atoms with Gasteiger partial charge in [-0.05, 0) is 19.0 Å². The summed E-state index contributed by atoms with van der Waals surface area (Å²) in [4.78, 5) is 19.6. The lowest BCUT2D eigenvalue weighted by molar-refractivity contribution is -0.192. The molecule has 3 N–H and O–H groups in total. The third-order valence-electron chi connectivity index (χ3n) is 1.83. The van der Waals surface area contributed by atoms with Crippen LogP contribution in [-0.2, 0) is 9.59 Å². The van der Waals surface area contributed by atoms with Crippen LogP contribution in [0.1, 0.15) is 6.42 Å². The fourth-order valence-electron chi connectivity index (χ4n) is 1.04. The number of rotatable bonds is 2. The van der Waals surface area contributed by atoms with Gasteiger partial charge in [0.2, 0.25) is 5.91 Å². The Morgan fingerprint density at radius 3 is 2.29 bits per heavy atom. The quantitative estimate of drug-likeness (QED) is 0.619. The fraction of sp³-hybridized carbons (Fsp3) is 0.556. The van der Waals surface area contributed by atoms with E-state index in [-0.39, 0.29) is 5.91 Å². The van der Waals surface area contributed by atoms with Gasteiger partial charge in [0.25, 0.3) is 0 Å². The van der Waals surface area contributed by atoms with Crippen LogP contribution in [0.5, 0.6) is 0 Å². The third kappa shape index (κ3) is 7.34. The van der Waals surface area contributed by atoms with Gasteiger partial charge in [0.05, 0.1) is 0 Å². The molecule has 0 bridgehead atoms. The second-order valence-corrected chi connectivity index (χ2v) is 3.21. The van der Waals surface area contributed by atoms with Gasteiger partial charge >= 0.3 is 12.1 Å². The molecule has 8 heteroatoms. The molecule has 1 saturated heterocycles. The fourth-order valence-corrected chi connectivity index (χ4v) is 1.04. The summed E-state index contributed by atoms with van der Waals surface area (Å²) < 4.78 is 31.7. The molecule has 0 radical (unpaired) electrons. The van der Waals surface area contributed by atoms with E-state index in [1.165, 1.54) is 6.08 Å². The summed E-state index contributed by atoms with van der Waals surface area (Å²) in [5.74, 6) is -2.83. The average Bonchev–Trinajstić information content (AvgIpc) is 2.69. The largest absolute Gasteiger partial charge is 0.490 e. The summed E-state index contributed by atoms with van der Waals surface area (Å²) >= 11 is 0. The van der Waals surface area contributed by atoms with E-state index in [1.54, 1.807) is 0 Å². The van der Waals surface area contributed by atoms with Gasteiger partial charge in [-0.25, -0.2) is 4.79 Å². The van der Waals surface area contributed by atoms with Gasteiger partial charge in [-0.15, -0.1) is 0 Å². The SMILES string of the molecule is C=CC(=O)NC1CCNC1.O=C(O)C(F)(F)F. The summed E-state index contributed by atoms with van der Waals surface area (Å²) in [5.41, 5.74) is 0. The first kappa shape index (κ1) is 15.4. The summed E-state index contributed by atoms with van der Waals surface area (Å²) in [5, 5.41) is 13.1. The minimum absolute atomic E-state index is 0.0753. The predicted octanol–water partition coefficient (Wildman–Crippen LogP) is 0.284. The van der Waals surface area contributed by atoms with Crippen molar-refractivity contribution >= 4 is 11.9 Å². The zero-order valence-corrected chi connectivity index (χ0v) is 8.88. The maximum atomic E-state index is 10.7. The molecule has 0 aliphatic carbocycles. The number of carboxylic acids is 1. The lowest BCUT2D eigenvalue weighted by Gasteiger charge is -2.07. The molecule has 1 fully saturated rings. The van der Waals surface area contributed by atoms with Gasteiger partial charge in [0.1, 0.15) is 0 Å². The molecule has 98 valence electrons. The van der Waals surface area contributed by atoms with E-state index >= 15 is 0 Å². The molecule has 0 aromatic rings. The number of nitrogens with one attached hydrogen (secondary N) is 2. The third-order valence-corrected chi connectivity index (χ3v) is 1.83. The molecule has 1 heterocycles. The van der Waals surface area contributed by atoms with Crippen molar-refractivity contribution in [1.29, 1.82) is 0 Å². The number of carboxylic acid groups (broad SMARTS) is 1. The summed E-state index contributed by atoms with van der Waals surface area (Å²) in [6, 6.07) is 0.311. The van der Waals surface area contributed by atoms with Crippen molar-refractivity contribution in [3.05, 3.63) is 12.7 Å². The van der Waals surface area contributed by atoms with Gasteiger partial charge in [0.15, 0.2) is 0 Å². The highest BCUT2D eigenvalue weighted by Gasteiger charge is 2.38. The molecular formula is C9H13F3N2O3. The molecule has 17 heavy (non-hydrogen) atoms. The maximum Gasteiger partial charge on any atom is 0.490 e. The number of carbonyl (C=O) groups excluding carboxylic acids is 1. The topological polar surface area (TPSA) is 78.4 Å². The smallest absolute Gasteiger partial charge is 0.475 e. The Morgan fingerprint density at radius 2 is 2.00 bits per heavy atom. The molecule has 1 unspecified atom stereocenters. The van der Waals surface area contributed by atoms with Crippen molar-refractivity contribution < 1.29 is 27.9 Å². The van der Waals surface area contributed by atoms with Crippen LogP contribution in [0.3, 0.4) is 0 Å². The Balaban J connectivity index is 0.000000325. The normalized spacial score (nSPS) is 18.9. The Morgan fingerprint density at radius 1 is 1.47 bits per heavy atom. The van der Waals surface area contributed by atoms with Crippen LogP contribution in [0.25, 0.3) is 0 Å². The van der Waals surface area contributed by atoms with Crippen molar-refractivity contribution in [1.82, 2.24) is 10.6 Å². The molecule has 1 amide bonds. The minimum atomic E-state index is -5.08. The lowest BCUT2D eigenvalue weighted by Crippen LogP contribution is -2.34. The van der Waals surface area contributed by atoms with Crippen LogP contribution in [0.2, 0.25) is 0 Å². The molecule has 0 aromatic carbocycles. The zero-order valence-electron chi connectivity index (χ0n) is 8.88. The van der Waals surface area contributed by atoms with Crippen molar-refractivity contribution in [3.8, 4) is 0 Å². The second kappa shape index (κ2) is 6.89. The molecular weight excluding hydrogens is 241 g/mol. The van der Waals surface area contributed by atoms with Crippen molar-refractivity contribution in [2.75, 3.05) is 13.1 Å². The van der Waals surface area contributed by atoms with E-state index in [2.05, 4.69) is 17.2 Å². The van der Waals surface area contributed by atoms with Crippen LogP contribution in [0, 0.1) is 0 Å². The molecule has 5 nitrogen and oxygen atoms in total. The Labute approximate surface area is 95.7 Å². The molecule has 1 atom stereocenters. The summed E-state index contributed by atoms with van der Waals surface area (Å²) in [6.07, 6.45) is -2.75. The van der Waals surface area contributed by atoms with Gasteiger partial charge < -0.3 is 15.7 Å². The van der Waals surface area contributed by atoms with Crippen LogP contribution in [0.15, 0.2) is 12.7 Å². The first-order valence-electron chi connectivity index (χ1n) is 4.71. The Bertz CT molecular complexity index is 286. The molecule has 0 aromatic heterocycles. The highest BCUT2D eigenvalue weighted by molar-refractivity contribution is 5.87. The number of hydrogen-bond acceptors (Lipinski definition) is 3. The highest BCUT2D eigenvalue weighted by Crippen LogP contribution is 2.13. The molecule has 1 rings (SSSR count). The highest BCUT2D eigenvalue weighted by atomic mass is 19.4. The van der Waals surface area contributed by atoms with Crippen molar-refractivity contribution in [2.24, 2.45) is 0 Å². The number of hydrogen-bond donors (Lipinski definition) is 3. The van der Waals surface area contributed by atoms with Crippen LogP contribution in [0.4, 0.5) is 13.2 Å². The molecule has 0 saturated carbocycles. The van der Waals surface area contributed by atoms with E-state index in [0.29, 0.717) is 6.04 Å². The minimum Gasteiger partial charge on any atom is -0.475 e. The van der Waals surface area contributed by atoms with E-state index in [4.69, 9.17) is 9.90 Å². The predicted molar refractivity (Wildman–Crippen MR) is 53.3 cm³/mol. The first-order valence-corrected chi connectivity index (χ1v) is 4.71. The van der Waals surface area contributed by atoms with Gasteiger partial charge in [-0.1, -0.05) is 6.58 Å². The van der Waals surface area contributed by atoms with E-state index in [9.17, 15) is 18.0 Å². The van der Waals surface area contributed by atoms with Crippen molar-refractivity contribution in [3.63, 3.8) is 0 Å².